The number of rotatable bonds is 9. The lowest BCUT2D eigenvalue weighted by molar-refractivity contribution is -0.384. The largest absolute Gasteiger partial charge is 0.466 e. The lowest BCUT2D eigenvalue weighted by Gasteiger charge is -2.27. The minimum atomic E-state index is -1.69. The maximum absolute atomic E-state index is 12.9. The Morgan fingerprint density at radius 3 is 2.45 bits per heavy atom. The maximum Gasteiger partial charge on any atom is 0.308 e. The molecule has 0 aliphatic carbocycles. The number of nitro benzene ring substituents is 1. The van der Waals surface area contributed by atoms with E-state index in [0.717, 1.165) is 6.07 Å². The molecule has 0 aliphatic heterocycles. The molecule has 152 valence electrons. The standard InChI is InChI=1S/C20H21N3O6/c1-2-29-18(25)12-20(21,15-8-4-3-5-9-15)17(24)13-22-19(26)14-7-6-10-16(11-14)23(27)28/h3-11H,2,12-13,21H2,1H3,(H,22,26). The minimum Gasteiger partial charge on any atom is -0.466 e. The van der Waals surface area contributed by atoms with Crippen molar-refractivity contribution in [1.82, 2.24) is 5.32 Å². The van der Waals surface area contributed by atoms with Crippen LogP contribution in [0.4, 0.5) is 5.69 Å². The number of esters is 1. The molecule has 9 heteroatoms. The quantitative estimate of drug-likeness (QED) is 0.371. The number of nitro groups is 1. The molecule has 0 bridgehead atoms. The van der Waals surface area contributed by atoms with E-state index in [1.54, 1.807) is 37.3 Å². The van der Waals surface area contributed by atoms with E-state index in [9.17, 15) is 24.5 Å². The second kappa shape index (κ2) is 9.56. The van der Waals surface area contributed by atoms with Crippen molar-refractivity contribution in [2.24, 2.45) is 5.73 Å². The lowest BCUT2D eigenvalue weighted by atomic mass is 9.83. The Hall–Kier alpha value is -3.59. The number of carbonyl (C=O) groups excluding carboxylic acids is 3. The zero-order valence-electron chi connectivity index (χ0n) is 15.8. The van der Waals surface area contributed by atoms with Gasteiger partial charge in [0, 0.05) is 17.7 Å². The van der Waals surface area contributed by atoms with Gasteiger partial charge in [-0.1, -0.05) is 36.4 Å². The third-order valence-electron chi connectivity index (χ3n) is 4.24. The number of ketones is 1. The third-order valence-corrected chi connectivity index (χ3v) is 4.24. The van der Waals surface area contributed by atoms with Crippen LogP contribution in [0.25, 0.3) is 0 Å². The van der Waals surface area contributed by atoms with E-state index in [1.807, 2.05) is 0 Å². The number of nitrogens with zero attached hydrogens (tertiary/aromatic N) is 1. The fourth-order valence-corrected chi connectivity index (χ4v) is 2.72. The molecule has 0 heterocycles. The molecule has 1 atom stereocenters. The molecule has 29 heavy (non-hydrogen) atoms. The van der Waals surface area contributed by atoms with Crippen LogP contribution in [0.15, 0.2) is 54.6 Å². The summed E-state index contributed by atoms with van der Waals surface area (Å²) in [5.41, 5.74) is 4.79. The van der Waals surface area contributed by atoms with Gasteiger partial charge in [-0.15, -0.1) is 0 Å². The van der Waals surface area contributed by atoms with E-state index >= 15 is 0 Å². The van der Waals surface area contributed by atoms with Crippen molar-refractivity contribution in [3.63, 3.8) is 0 Å². The first kappa shape index (κ1) is 21.7. The van der Waals surface area contributed by atoms with Crippen LogP contribution >= 0.6 is 0 Å². The summed E-state index contributed by atoms with van der Waals surface area (Å²) in [5.74, 6) is -1.92. The lowest BCUT2D eigenvalue weighted by Crippen LogP contribution is -2.51. The summed E-state index contributed by atoms with van der Waals surface area (Å²) < 4.78 is 4.92. The van der Waals surface area contributed by atoms with Crippen LogP contribution in [0.2, 0.25) is 0 Å². The second-order valence-corrected chi connectivity index (χ2v) is 6.23. The SMILES string of the molecule is CCOC(=O)CC(N)(C(=O)CNC(=O)c1cccc([N+](=O)[O-])c1)c1ccccc1. The van der Waals surface area contributed by atoms with Gasteiger partial charge in [0.05, 0.1) is 24.5 Å². The Bertz CT molecular complexity index is 915. The van der Waals surface area contributed by atoms with Gasteiger partial charge in [-0.3, -0.25) is 24.5 Å². The molecule has 0 saturated heterocycles. The summed E-state index contributed by atoms with van der Waals surface area (Å²) in [6.45, 7) is 1.31. The molecule has 2 aromatic carbocycles. The first-order chi connectivity index (χ1) is 13.8. The van der Waals surface area contributed by atoms with Gasteiger partial charge in [0.15, 0.2) is 5.78 Å². The molecule has 0 saturated carbocycles. The molecule has 0 aliphatic rings. The van der Waals surface area contributed by atoms with Crippen LogP contribution in [0.3, 0.4) is 0 Å². The maximum atomic E-state index is 12.9. The molecule has 9 nitrogen and oxygen atoms in total. The summed E-state index contributed by atoms with van der Waals surface area (Å²) in [6.07, 6.45) is -0.392. The van der Waals surface area contributed by atoms with E-state index in [0.29, 0.717) is 5.56 Å². The molecule has 0 aromatic heterocycles. The summed E-state index contributed by atoms with van der Waals surface area (Å²) >= 11 is 0. The average molecular weight is 399 g/mol. The average Bonchev–Trinajstić information content (AvgIpc) is 2.72. The minimum absolute atomic E-state index is 0.0275. The van der Waals surface area contributed by atoms with Crippen molar-refractivity contribution in [2.45, 2.75) is 18.9 Å². The number of non-ortho nitro benzene ring substituents is 1. The van der Waals surface area contributed by atoms with E-state index in [4.69, 9.17) is 10.5 Å². The van der Waals surface area contributed by atoms with E-state index in [1.165, 1.54) is 18.2 Å². The zero-order valence-corrected chi connectivity index (χ0v) is 15.8. The van der Waals surface area contributed by atoms with Crippen LogP contribution in [-0.4, -0.2) is 35.7 Å². The van der Waals surface area contributed by atoms with Crippen LogP contribution in [-0.2, 0) is 19.9 Å². The van der Waals surface area contributed by atoms with Crippen molar-refractivity contribution >= 4 is 23.3 Å². The van der Waals surface area contributed by atoms with Gasteiger partial charge in [0.1, 0.15) is 5.54 Å². The molecule has 1 unspecified atom stereocenters. The molecule has 0 fully saturated rings. The molecule has 0 radical (unpaired) electrons. The Morgan fingerprint density at radius 2 is 1.83 bits per heavy atom. The van der Waals surface area contributed by atoms with Gasteiger partial charge < -0.3 is 15.8 Å². The topological polar surface area (TPSA) is 142 Å². The van der Waals surface area contributed by atoms with Gasteiger partial charge in [-0.2, -0.15) is 0 Å². The smallest absolute Gasteiger partial charge is 0.308 e. The van der Waals surface area contributed by atoms with Crippen molar-refractivity contribution in [1.29, 1.82) is 0 Å². The molecule has 3 N–H and O–H groups in total. The summed E-state index contributed by atoms with van der Waals surface area (Å²) in [4.78, 5) is 47.4. The first-order valence-corrected chi connectivity index (χ1v) is 8.84. The Morgan fingerprint density at radius 1 is 1.14 bits per heavy atom. The van der Waals surface area contributed by atoms with Crippen molar-refractivity contribution in [3.8, 4) is 0 Å². The number of hydrogen-bond acceptors (Lipinski definition) is 7. The molecule has 0 spiro atoms. The number of hydrogen-bond donors (Lipinski definition) is 2. The monoisotopic (exact) mass is 399 g/mol. The molecule has 2 aromatic rings. The number of nitrogens with one attached hydrogen (secondary N) is 1. The van der Waals surface area contributed by atoms with E-state index in [2.05, 4.69) is 5.32 Å². The van der Waals surface area contributed by atoms with Gasteiger partial charge in [-0.25, -0.2) is 0 Å². The Kier molecular flexibility index (Phi) is 7.15. The van der Waals surface area contributed by atoms with Crippen LogP contribution in [0, 0.1) is 10.1 Å². The Labute approximate surface area is 167 Å². The van der Waals surface area contributed by atoms with Gasteiger partial charge in [0.2, 0.25) is 0 Å². The predicted molar refractivity (Wildman–Crippen MR) is 104 cm³/mol. The highest BCUT2D eigenvalue weighted by Crippen LogP contribution is 2.24. The van der Waals surface area contributed by atoms with Crippen LogP contribution in [0.5, 0.6) is 0 Å². The highest BCUT2D eigenvalue weighted by atomic mass is 16.6. The van der Waals surface area contributed by atoms with Crippen molar-refractivity contribution < 1.29 is 24.0 Å². The number of carbonyl (C=O) groups is 3. The van der Waals surface area contributed by atoms with Crippen LogP contribution < -0.4 is 11.1 Å². The normalized spacial score (nSPS) is 12.5. The number of ether oxygens (including phenoxy) is 1. The number of benzene rings is 2. The molecular weight excluding hydrogens is 378 g/mol. The van der Waals surface area contributed by atoms with E-state index in [-0.39, 0.29) is 17.9 Å². The highest BCUT2D eigenvalue weighted by Gasteiger charge is 2.38. The molecular formula is C20H21N3O6. The molecule has 2 rings (SSSR count). The van der Waals surface area contributed by atoms with E-state index < -0.39 is 41.1 Å². The Balaban J connectivity index is 2.17. The zero-order chi connectivity index (χ0) is 21.4. The molecule has 1 amide bonds. The fraction of sp³-hybridized carbons (Fsp3) is 0.250. The highest BCUT2D eigenvalue weighted by molar-refractivity contribution is 6.00. The summed E-state index contributed by atoms with van der Waals surface area (Å²) in [5, 5.41) is 13.2. The van der Waals surface area contributed by atoms with Crippen LogP contribution in [0.1, 0.15) is 29.3 Å². The number of amides is 1. The van der Waals surface area contributed by atoms with Gasteiger partial charge >= 0.3 is 5.97 Å². The summed E-state index contributed by atoms with van der Waals surface area (Å²) in [6, 6.07) is 13.4. The van der Waals surface area contributed by atoms with Crippen molar-refractivity contribution in [3.05, 3.63) is 75.8 Å². The summed E-state index contributed by atoms with van der Waals surface area (Å²) in [7, 11) is 0. The van der Waals surface area contributed by atoms with Gasteiger partial charge in [-0.05, 0) is 18.6 Å². The van der Waals surface area contributed by atoms with Crippen molar-refractivity contribution in [2.75, 3.05) is 13.2 Å². The second-order valence-electron chi connectivity index (χ2n) is 6.23. The number of nitrogens with two attached hydrogens (primary N) is 1. The first-order valence-electron chi connectivity index (χ1n) is 8.84. The fourth-order valence-electron chi connectivity index (χ4n) is 2.72. The third kappa shape index (κ3) is 5.45. The predicted octanol–water partition coefficient (Wildman–Crippen LogP) is 1.70. The van der Waals surface area contributed by atoms with Gasteiger partial charge in [0.25, 0.3) is 11.6 Å². The number of Topliss-reactive ketones (excluding diaryl/α,β-unsaturated/α-hetero) is 1.